The van der Waals surface area contributed by atoms with Crippen LogP contribution in [-0.4, -0.2) is 28.6 Å². The first-order valence-corrected chi connectivity index (χ1v) is 3.02. The van der Waals surface area contributed by atoms with Crippen LogP contribution in [0.4, 0.5) is 4.70 Å². The topological polar surface area (TPSA) is 112 Å². The minimum Gasteiger partial charge on any atom is -0.481 e. The summed E-state index contributed by atoms with van der Waals surface area (Å²) in [6.07, 6.45) is 0. The molecule has 64 valence electrons. The van der Waals surface area contributed by atoms with E-state index in [4.69, 9.17) is 27.4 Å². The molecule has 0 heterocycles. The molecular weight excluding hydrogens is 171 g/mol. The molecule has 0 unspecified atom stereocenters. The normalized spacial score (nSPS) is 8.30. The number of carbonyl (C=O) groups is 1. The summed E-state index contributed by atoms with van der Waals surface area (Å²) >= 11 is 0. The Balaban J connectivity index is -0.0000000910. The SMILES string of the molecule is CC(=O)O.F.O=S(=O)(O)O. The van der Waals surface area contributed by atoms with Crippen LogP contribution in [0, 0.1) is 0 Å². The smallest absolute Gasteiger partial charge is 0.394 e. The molecule has 0 amide bonds. The number of carboxylic acid groups (broad SMARTS) is 1. The Bertz CT molecular complexity index is 158. The van der Waals surface area contributed by atoms with Crippen molar-refractivity contribution in [3.8, 4) is 0 Å². The third-order valence-corrected chi connectivity index (χ3v) is 0. The van der Waals surface area contributed by atoms with Crippen LogP contribution in [0.2, 0.25) is 0 Å². The third kappa shape index (κ3) is 536. The van der Waals surface area contributed by atoms with Gasteiger partial charge in [0.15, 0.2) is 0 Å². The van der Waals surface area contributed by atoms with E-state index >= 15 is 0 Å². The molecule has 0 atom stereocenters. The van der Waals surface area contributed by atoms with Crippen molar-refractivity contribution >= 4 is 16.4 Å². The molecule has 6 nitrogen and oxygen atoms in total. The van der Waals surface area contributed by atoms with Crippen LogP contribution in [0.25, 0.3) is 0 Å². The lowest BCUT2D eigenvalue weighted by Gasteiger charge is -1.68. The molecule has 0 aliphatic carbocycles. The molecule has 0 aromatic carbocycles. The van der Waals surface area contributed by atoms with E-state index in [0.717, 1.165) is 6.92 Å². The molecule has 0 bridgehead atoms. The van der Waals surface area contributed by atoms with Crippen LogP contribution in [0.1, 0.15) is 6.92 Å². The van der Waals surface area contributed by atoms with Gasteiger partial charge in [0.1, 0.15) is 0 Å². The Kier molecular flexibility index (Phi) is 10.3. The van der Waals surface area contributed by atoms with Gasteiger partial charge >= 0.3 is 10.4 Å². The van der Waals surface area contributed by atoms with E-state index in [1.54, 1.807) is 0 Å². The molecular formula is C2H7FO6S. The first kappa shape index (κ1) is 16.1. The maximum atomic E-state index is 9.00. The van der Waals surface area contributed by atoms with Crippen LogP contribution in [0.5, 0.6) is 0 Å². The second-order valence-electron chi connectivity index (χ2n) is 0.967. The molecule has 0 saturated carbocycles. The summed E-state index contributed by atoms with van der Waals surface area (Å²) in [6, 6.07) is 0. The lowest BCUT2D eigenvalue weighted by molar-refractivity contribution is -0.134. The van der Waals surface area contributed by atoms with Gasteiger partial charge < -0.3 is 5.11 Å². The highest BCUT2D eigenvalue weighted by Gasteiger charge is 1.84. The molecule has 0 aliphatic rings. The van der Waals surface area contributed by atoms with E-state index in [9.17, 15) is 0 Å². The molecule has 0 spiro atoms. The summed E-state index contributed by atoms with van der Waals surface area (Å²) in [5, 5.41) is 7.42. The fourth-order valence-electron chi connectivity index (χ4n) is 0. The maximum absolute atomic E-state index is 9.00. The first-order chi connectivity index (χ1) is 3.73. The summed E-state index contributed by atoms with van der Waals surface area (Å²) in [5.74, 6) is -0.833. The van der Waals surface area contributed by atoms with Gasteiger partial charge in [-0.1, -0.05) is 0 Å². The standard InChI is InChI=1S/C2H4O2.FH.H2O4S/c1-2(3)4;;1-5(2,3)4/h1H3,(H,3,4);1H;(H2,1,2,3,4). The highest BCUT2D eigenvalue weighted by Crippen LogP contribution is 1.59. The minimum atomic E-state index is -4.67. The predicted octanol–water partition coefficient (Wildman–Crippen LogP) is -0.409. The molecule has 0 saturated heterocycles. The number of rotatable bonds is 0. The second kappa shape index (κ2) is 6.39. The second-order valence-corrected chi connectivity index (χ2v) is 1.86. The average Bonchev–Trinajstić information content (AvgIpc) is 1.19. The zero-order valence-corrected chi connectivity index (χ0v) is 5.70. The lowest BCUT2D eigenvalue weighted by Crippen LogP contribution is -1.89. The van der Waals surface area contributed by atoms with E-state index in [2.05, 4.69) is 0 Å². The van der Waals surface area contributed by atoms with Gasteiger partial charge in [-0.3, -0.25) is 18.6 Å². The highest BCUT2D eigenvalue weighted by molar-refractivity contribution is 7.79. The number of carboxylic acids is 1. The van der Waals surface area contributed by atoms with Crippen LogP contribution >= 0.6 is 0 Å². The van der Waals surface area contributed by atoms with E-state index in [0.29, 0.717) is 0 Å². The van der Waals surface area contributed by atoms with Crippen molar-refractivity contribution in [1.82, 2.24) is 0 Å². The Morgan fingerprint density at radius 2 is 1.30 bits per heavy atom. The van der Waals surface area contributed by atoms with Crippen molar-refractivity contribution in [3.63, 3.8) is 0 Å². The van der Waals surface area contributed by atoms with Crippen LogP contribution in [0.15, 0.2) is 0 Å². The van der Waals surface area contributed by atoms with Crippen LogP contribution in [-0.2, 0) is 15.2 Å². The fraction of sp³-hybridized carbons (Fsp3) is 0.500. The lowest BCUT2D eigenvalue weighted by atomic mass is 10.9. The summed E-state index contributed by atoms with van der Waals surface area (Å²) < 4.78 is 31.6. The Morgan fingerprint density at radius 1 is 1.30 bits per heavy atom. The summed E-state index contributed by atoms with van der Waals surface area (Å²) in [5.41, 5.74) is 0. The highest BCUT2D eigenvalue weighted by atomic mass is 32.3. The van der Waals surface area contributed by atoms with Gasteiger partial charge in [-0.15, -0.1) is 0 Å². The Morgan fingerprint density at radius 3 is 1.30 bits per heavy atom. The molecule has 10 heavy (non-hydrogen) atoms. The molecule has 0 aliphatic heterocycles. The van der Waals surface area contributed by atoms with Crippen LogP contribution < -0.4 is 0 Å². The number of hydrogen-bond donors (Lipinski definition) is 3. The largest absolute Gasteiger partial charge is 0.481 e. The van der Waals surface area contributed by atoms with Crippen molar-refractivity contribution in [3.05, 3.63) is 0 Å². The zero-order valence-electron chi connectivity index (χ0n) is 4.88. The molecule has 3 N–H and O–H groups in total. The third-order valence-electron chi connectivity index (χ3n) is 0. The van der Waals surface area contributed by atoms with E-state index in [1.165, 1.54) is 0 Å². The average molecular weight is 178 g/mol. The molecule has 0 aromatic rings. The van der Waals surface area contributed by atoms with Gasteiger partial charge in [-0.2, -0.15) is 8.42 Å². The molecule has 0 rings (SSSR count). The summed E-state index contributed by atoms with van der Waals surface area (Å²) in [7, 11) is -4.67. The molecule has 0 fully saturated rings. The summed E-state index contributed by atoms with van der Waals surface area (Å²) in [4.78, 5) is 9.00. The minimum absolute atomic E-state index is 0. The molecule has 0 radical (unpaired) electrons. The van der Waals surface area contributed by atoms with Crippen molar-refractivity contribution < 1.29 is 32.1 Å². The first-order valence-electron chi connectivity index (χ1n) is 1.63. The van der Waals surface area contributed by atoms with Gasteiger partial charge in [0.2, 0.25) is 0 Å². The number of hydrogen-bond acceptors (Lipinski definition) is 3. The van der Waals surface area contributed by atoms with Gasteiger partial charge in [-0.05, 0) is 0 Å². The van der Waals surface area contributed by atoms with E-state index in [1.807, 2.05) is 0 Å². The van der Waals surface area contributed by atoms with Gasteiger partial charge in [-0.25, -0.2) is 0 Å². The van der Waals surface area contributed by atoms with Crippen molar-refractivity contribution in [1.29, 1.82) is 0 Å². The monoisotopic (exact) mass is 178 g/mol. The van der Waals surface area contributed by atoms with Gasteiger partial charge in [0.25, 0.3) is 5.97 Å². The molecule has 8 heteroatoms. The number of aliphatic carboxylic acids is 1. The molecule has 0 aromatic heterocycles. The number of halogens is 1. The fourth-order valence-corrected chi connectivity index (χ4v) is 0. The van der Waals surface area contributed by atoms with Crippen molar-refractivity contribution in [2.45, 2.75) is 6.92 Å². The quantitative estimate of drug-likeness (QED) is 0.435. The van der Waals surface area contributed by atoms with Crippen molar-refractivity contribution in [2.24, 2.45) is 0 Å². The Hall–Kier alpha value is -0.730. The van der Waals surface area contributed by atoms with Crippen molar-refractivity contribution in [2.75, 3.05) is 0 Å². The van der Waals surface area contributed by atoms with E-state index in [-0.39, 0.29) is 4.70 Å². The summed E-state index contributed by atoms with van der Waals surface area (Å²) in [6.45, 7) is 1.08. The predicted molar refractivity (Wildman–Crippen MR) is 30.0 cm³/mol. The maximum Gasteiger partial charge on any atom is 0.394 e. The van der Waals surface area contributed by atoms with Gasteiger partial charge in [0.05, 0.1) is 0 Å². The van der Waals surface area contributed by atoms with Crippen LogP contribution in [0.3, 0.4) is 0 Å². The zero-order chi connectivity index (χ0) is 8.08. The Labute approximate surface area is 56.4 Å². The van der Waals surface area contributed by atoms with E-state index < -0.39 is 16.4 Å². The van der Waals surface area contributed by atoms with Gasteiger partial charge in [0, 0.05) is 6.92 Å².